The van der Waals surface area contributed by atoms with E-state index < -0.39 is 11.9 Å². The number of rotatable bonds is 15. The molecule has 0 aliphatic carbocycles. The number of unbranched alkanes of at least 4 members (excludes halogenated alkanes) is 5. The van der Waals surface area contributed by atoms with E-state index >= 15 is 0 Å². The van der Waals surface area contributed by atoms with Crippen LogP contribution in [-0.2, 0) is 14.3 Å². The number of carboxylic acid groups (broad SMARTS) is 2. The van der Waals surface area contributed by atoms with Gasteiger partial charge >= 0.3 is 11.9 Å². The summed E-state index contributed by atoms with van der Waals surface area (Å²) in [4.78, 5) is 21.5. The van der Waals surface area contributed by atoms with Gasteiger partial charge < -0.3 is 14.9 Å². The van der Waals surface area contributed by atoms with E-state index in [0.29, 0.717) is 32.5 Å². The Kier molecular flexibility index (Phi) is 13.1. The Morgan fingerprint density at radius 3 is 2.19 bits per heavy atom. The zero-order valence-corrected chi connectivity index (χ0v) is 13.2. The van der Waals surface area contributed by atoms with Crippen LogP contribution in [0.5, 0.6) is 0 Å². The lowest BCUT2D eigenvalue weighted by molar-refractivity contribution is -0.142. The third-order valence-corrected chi connectivity index (χ3v) is 3.55. The topological polar surface area (TPSA) is 83.8 Å². The minimum Gasteiger partial charge on any atom is -0.481 e. The molecule has 0 aromatic heterocycles. The van der Waals surface area contributed by atoms with Crippen LogP contribution in [-0.4, -0.2) is 35.4 Å². The lowest BCUT2D eigenvalue weighted by atomic mass is 9.97. The molecule has 1 unspecified atom stereocenters. The summed E-state index contributed by atoms with van der Waals surface area (Å²) in [6, 6.07) is 0. The van der Waals surface area contributed by atoms with Crippen molar-refractivity contribution in [3.63, 3.8) is 0 Å². The first-order valence-corrected chi connectivity index (χ1v) is 8.10. The van der Waals surface area contributed by atoms with E-state index in [0.717, 1.165) is 38.5 Å². The second-order valence-corrected chi connectivity index (χ2v) is 5.49. The highest BCUT2D eigenvalue weighted by Gasteiger charge is 2.16. The molecule has 2 N–H and O–H groups in total. The van der Waals surface area contributed by atoms with Crippen LogP contribution < -0.4 is 0 Å². The van der Waals surface area contributed by atoms with Crippen molar-refractivity contribution in [3.05, 3.63) is 0 Å². The molecule has 0 rings (SSSR count). The Morgan fingerprint density at radius 1 is 0.905 bits per heavy atom. The van der Waals surface area contributed by atoms with Gasteiger partial charge in [-0.05, 0) is 25.7 Å². The zero-order valence-electron chi connectivity index (χ0n) is 13.2. The molecule has 0 amide bonds. The molecule has 0 aliphatic rings. The minimum absolute atomic E-state index is 0.229. The summed E-state index contributed by atoms with van der Waals surface area (Å²) in [5.41, 5.74) is 0. The monoisotopic (exact) mass is 302 g/mol. The van der Waals surface area contributed by atoms with E-state index in [2.05, 4.69) is 6.92 Å². The van der Waals surface area contributed by atoms with Crippen molar-refractivity contribution in [2.75, 3.05) is 13.2 Å². The molecule has 5 heteroatoms. The standard InChI is InChI=1S/C16H30O5/c1-2-3-12-21-13-11-14(16(19)20)9-7-5-4-6-8-10-15(17)18/h14H,2-13H2,1H3,(H,17,18)(H,19,20). The maximum absolute atomic E-state index is 11.1. The summed E-state index contributed by atoms with van der Waals surface area (Å²) in [5.74, 6) is -1.80. The fourth-order valence-electron chi connectivity index (χ4n) is 2.16. The molecular formula is C16H30O5. The SMILES string of the molecule is CCCCOCCC(CCCCCCCC(=O)O)C(=O)O. The van der Waals surface area contributed by atoms with Crippen LogP contribution in [0.1, 0.15) is 71.1 Å². The molecule has 0 bridgehead atoms. The summed E-state index contributed by atoms with van der Waals surface area (Å²) >= 11 is 0. The average molecular weight is 302 g/mol. The lowest BCUT2D eigenvalue weighted by Crippen LogP contribution is -2.16. The van der Waals surface area contributed by atoms with Crippen LogP contribution in [0.15, 0.2) is 0 Å². The molecule has 1 atom stereocenters. The van der Waals surface area contributed by atoms with E-state index in [1.165, 1.54) is 0 Å². The van der Waals surface area contributed by atoms with Gasteiger partial charge in [-0.1, -0.05) is 39.0 Å². The quantitative estimate of drug-likeness (QED) is 0.450. The van der Waals surface area contributed by atoms with Gasteiger partial charge in [0, 0.05) is 19.6 Å². The molecule has 0 saturated heterocycles. The van der Waals surface area contributed by atoms with Gasteiger partial charge in [0.05, 0.1) is 5.92 Å². The molecule has 0 aromatic carbocycles. The molecule has 0 aromatic rings. The van der Waals surface area contributed by atoms with Crippen molar-refractivity contribution >= 4 is 11.9 Å². The van der Waals surface area contributed by atoms with Crippen LogP contribution in [0, 0.1) is 5.92 Å². The highest BCUT2D eigenvalue weighted by molar-refractivity contribution is 5.69. The van der Waals surface area contributed by atoms with Gasteiger partial charge in [-0.15, -0.1) is 0 Å². The second-order valence-electron chi connectivity index (χ2n) is 5.49. The van der Waals surface area contributed by atoms with Gasteiger partial charge in [0.25, 0.3) is 0 Å². The Hall–Kier alpha value is -1.10. The van der Waals surface area contributed by atoms with Gasteiger partial charge in [-0.25, -0.2) is 0 Å². The van der Waals surface area contributed by atoms with Crippen LogP contribution in [0.25, 0.3) is 0 Å². The summed E-state index contributed by atoms with van der Waals surface area (Å²) in [6.07, 6.45) is 8.06. The molecule has 5 nitrogen and oxygen atoms in total. The lowest BCUT2D eigenvalue weighted by Gasteiger charge is -2.12. The molecule has 0 spiro atoms. The number of hydrogen-bond donors (Lipinski definition) is 2. The fraction of sp³-hybridized carbons (Fsp3) is 0.875. The van der Waals surface area contributed by atoms with Crippen molar-refractivity contribution in [1.82, 2.24) is 0 Å². The summed E-state index contributed by atoms with van der Waals surface area (Å²) in [7, 11) is 0. The van der Waals surface area contributed by atoms with E-state index in [4.69, 9.17) is 14.9 Å². The van der Waals surface area contributed by atoms with Gasteiger partial charge in [0.15, 0.2) is 0 Å². The van der Waals surface area contributed by atoms with E-state index in [-0.39, 0.29) is 12.3 Å². The fourth-order valence-corrected chi connectivity index (χ4v) is 2.16. The van der Waals surface area contributed by atoms with Crippen molar-refractivity contribution in [3.8, 4) is 0 Å². The molecule has 124 valence electrons. The van der Waals surface area contributed by atoms with Crippen LogP contribution in [0.3, 0.4) is 0 Å². The third-order valence-electron chi connectivity index (χ3n) is 3.55. The number of aliphatic carboxylic acids is 2. The third kappa shape index (κ3) is 13.6. The largest absolute Gasteiger partial charge is 0.481 e. The van der Waals surface area contributed by atoms with Crippen LogP contribution in [0.4, 0.5) is 0 Å². The molecular weight excluding hydrogens is 272 g/mol. The molecule has 0 heterocycles. The van der Waals surface area contributed by atoms with Crippen molar-refractivity contribution in [2.45, 2.75) is 71.1 Å². The Labute approximate surface area is 127 Å². The summed E-state index contributed by atoms with van der Waals surface area (Å²) < 4.78 is 5.42. The van der Waals surface area contributed by atoms with Gasteiger partial charge in [0.1, 0.15) is 0 Å². The smallest absolute Gasteiger partial charge is 0.306 e. The number of hydrogen-bond acceptors (Lipinski definition) is 3. The number of carboxylic acids is 2. The average Bonchev–Trinajstić information content (AvgIpc) is 2.43. The first-order valence-electron chi connectivity index (χ1n) is 8.10. The van der Waals surface area contributed by atoms with Crippen molar-refractivity contribution in [2.24, 2.45) is 5.92 Å². The molecule has 0 saturated carbocycles. The predicted octanol–water partition coefficient (Wildman–Crippen LogP) is 3.71. The van der Waals surface area contributed by atoms with Crippen LogP contribution >= 0.6 is 0 Å². The first-order chi connectivity index (χ1) is 10.1. The van der Waals surface area contributed by atoms with Gasteiger partial charge in [-0.2, -0.15) is 0 Å². The normalized spacial score (nSPS) is 12.2. The zero-order chi connectivity index (χ0) is 15.9. The van der Waals surface area contributed by atoms with Gasteiger partial charge in [-0.3, -0.25) is 9.59 Å². The molecule has 0 aliphatic heterocycles. The van der Waals surface area contributed by atoms with Gasteiger partial charge in [0.2, 0.25) is 0 Å². The molecule has 21 heavy (non-hydrogen) atoms. The van der Waals surface area contributed by atoms with Crippen molar-refractivity contribution < 1.29 is 24.5 Å². The van der Waals surface area contributed by atoms with E-state index in [1.54, 1.807) is 0 Å². The van der Waals surface area contributed by atoms with E-state index in [9.17, 15) is 9.59 Å². The second kappa shape index (κ2) is 13.9. The summed E-state index contributed by atoms with van der Waals surface area (Å²) in [5, 5.41) is 17.7. The number of carbonyl (C=O) groups is 2. The van der Waals surface area contributed by atoms with E-state index in [1.807, 2.05) is 0 Å². The highest BCUT2D eigenvalue weighted by atomic mass is 16.5. The molecule has 0 fully saturated rings. The van der Waals surface area contributed by atoms with Crippen LogP contribution in [0.2, 0.25) is 0 Å². The number of ether oxygens (including phenoxy) is 1. The molecule has 0 radical (unpaired) electrons. The maximum atomic E-state index is 11.1. The Morgan fingerprint density at radius 2 is 1.57 bits per heavy atom. The summed E-state index contributed by atoms with van der Waals surface area (Å²) in [6.45, 7) is 3.34. The Balaban J connectivity index is 3.56. The first kappa shape index (κ1) is 19.9. The Bertz CT molecular complexity index is 278. The minimum atomic E-state index is -0.746. The maximum Gasteiger partial charge on any atom is 0.306 e. The van der Waals surface area contributed by atoms with Crippen molar-refractivity contribution in [1.29, 1.82) is 0 Å². The highest BCUT2D eigenvalue weighted by Crippen LogP contribution is 2.16. The predicted molar refractivity (Wildman–Crippen MR) is 81.4 cm³/mol.